The molecule has 0 aliphatic heterocycles. The molecule has 3 heterocycles. The lowest BCUT2D eigenvalue weighted by atomic mass is 9.85. The van der Waals surface area contributed by atoms with Gasteiger partial charge in [0.15, 0.2) is 0 Å². The Labute approximate surface area is 174 Å². The smallest absolute Gasteiger partial charge is 0.0702 e. The molecule has 30 heavy (non-hydrogen) atoms. The van der Waals surface area contributed by atoms with Gasteiger partial charge in [0, 0.05) is 41.3 Å². The lowest BCUT2D eigenvalue weighted by Crippen LogP contribution is -2.03. The van der Waals surface area contributed by atoms with Crippen LogP contribution in [0.4, 0.5) is 0 Å². The van der Waals surface area contributed by atoms with Crippen LogP contribution in [-0.4, -0.2) is 30.4 Å². The number of fused-ring (bicyclic) bond motifs is 1. The number of aromatic nitrogens is 6. The van der Waals surface area contributed by atoms with E-state index in [4.69, 9.17) is 4.98 Å². The Bertz CT molecular complexity index is 1240. The second-order valence-corrected chi connectivity index (χ2v) is 7.47. The van der Waals surface area contributed by atoms with Gasteiger partial charge in [0.1, 0.15) is 0 Å². The molecule has 148 valence electrons. The molecule has 0 saturated carbocycles. The Morgan fingerprint density at radius 3 is 2.63 bits per heavy atom. The molecule has 0 bridgehead atoms. The molecule has 0 radical (unpaired) electrons. The molecule has 2 N–H and O–H groups in total. The van der Waals surface area contributed by atoms with Gasteiger partial charge >= 0.3 is 0 Å². The van der Waals surface area contributed by atoms with Crippen LogP contribution in [0.5, 0.6) is 0 Å². The maximum Gasteiger partial charge on any atom is 0.0702 e. The summed E-state index contributed by atoms with van der Waals surface area (Å²) in [5.41, 5.74) is 6.38. The fourth-order valence-corrected chi connectivity index (χ4v) is 3.90. The van der Waals surface area contributed by atoms with E-state index in [2.05, 4.69) is 43.6 Å². The quantitative estimate of drug-likeness (QED) is 0.499. The van der Waals surface area contributed by atoms with Gasteiger partial charge in [-0.1, -0.05) is 24.3 Å². The fourth-order valence-electron chi connectivity index (χ4n) is 3.90. The Kier molecular flexibility index (Phi) is 5.04. The van der Waals surface area contributed by atoms with Crippen molar-refractivity contribution in [2.45, 2.75) is 25.2 Å². The summed E-state index contributed by atoms with van der Waals surface area (Å²) < 4.78 is 0. The van der Waals surface area contributed by atoms with Crippen LogP contribution in [0.25, 0.3) is 27.6 Å². The highest BCUT2D eigenvalue weighted by Crippen LogP contribution is 2.34. The van der Waals surface area contributed by atoms with Crippen LogP contribution in [0, 0.1) is 0 Å². The van der Waals surface area contributed by atoms with Crippen molar-refractivity contribution in [3.05, 3.63) is 90.9 Å². The molecule has 5 rings (SSSR count). The van der Waals surface area contributed by atoms with E-state index < -0.39 is 0 Å². The number of allylic oxidation sites excluding steroid dienone is 2. The number of benzene rings is 1. The van der Waals surface area contributed by atoms with E-state index in [1.165, 1.54) is 11.1 Å². The minimum atomic E-state index is 0.518. The molecule has 0 saturated heterocycles. The molecule has 6 nitrogen and oxygen atoms in total. The summed E-state index contributed by atoms with van der Waals surface area (Å²) in [7, 11) is 0. The van der Waals surface area contributed by atoms with E-state index in [1.807, 2.05) is 55.2 Å². The maximum atomic E-state index is 4.81. The zero-order chi connectivity index (χ0) is 20.2. The van der Waals surface area contributed by atoms with E-state index in [0.717, 1.165) is 47.0 Å². The van der Waals surface area contributed by atoms with Gasteiger partial charge in [-0.25, -0.2) is 0 Å². The van der Waals surface area contributed by atoms with Crippen molar-refractivity contribution in [1.82, 2.24) is 30.4 Å². The van der Waals surface area contributed by atoms with E-state index in [-0.39, 0.29) is 0 Å². The molecule has 0 spiro atoms. The third-order valence-corrected chi connectivity index (χ3v) is 5.59. The van der Waals surface area contributed by atoms with Crippen molar-refractivity contribution < 1.29 is 0 Å². The van der Waals surface area contributed by atoms with Gasteiger partial charge < -0.3 is 0 Å². The third-order valence-electron chi connectivity index (χ3n) is 5.59. The molecule has 3 aromatic heterocycles. The highest BCUT2D eigenvalue weighted by Gasteiger charge is 2.18. The standard InChI is InChI=1S/C24H22N6/c1-2-4-23-19(3-1)11-20(12-25-23)21-13-26-24(9-10-27-28-14-21)18-7-5-17(6-8-18)22-15-29-30-16-22/h1-4,7,9-17,27H,5-6,8H2,(H,29,30). The Morgan fingerprint density at radius 2 is 1.77 bits per heavy atom. The van der Waals surface area contributed by atoms with Crippen LogP contribution in [0.1, 0.15) is 36.4 Å². The molecule has 1 aromatic carbocycles. The summed E-state index contributed by atoms with van der Waals surface area (Å²) >= 11 is 0. The van der Waals surface area contributed by atoms with Crippen LogP contribution in [-0.2, 0) is 0 Å². The summed E-state index contributed by atoms with van der Waals surface area (Å²) in [6.07, 6.45) is 16.7. The first-order valence-electron chi connectivity index (χ1n) is 10.1. The Morgan fingerprint density at radius 1 is 0.867 bits per heavy atom. The largest absolute Gasteiger partial charge is 0.286 e. The van der Waals surface area contributed by atoms with Crippen LogP contribution in [0.15, 0.2) is 79.7 Å². The summed E-state index contributed by atoms with van der Waals surface area (Å²) in [4.78, 5) is 9.38. The van der Waals surface area contributed by atoms with Gasteiger partial charge in [0.2, 0.25) is 0 Å². The monoisotopic (exact) mass is 394 g/mol. The number of H-pyrrole nitrogens is 2. The van der Waals surface area contributed by atoms with E-state index in [1.54, 1.807) is 6.20 Å². The van der Waals surface area contributed by atoms with Crippen LogP contribution in [0.3, 0.4) is 0 Å². The van der Waals surface area contributed by atoms with Crippen LogP contribution < -0.4 is 0 Å². The Hall–Kier alpha value is -3.80. The predicted molar refractivity (Wildman–Crippen MR) is 118 cm³/mol. The fraction of sp³-hybridized carbons (Fsp3) is 0.167. The first-order chi connectivity index (χ1) is 14.9. The lowest BCUT2D eigenvalue weighted by Gasteiger charge is -2.20. The van der Waals surface area contributed by atoms with Gasteiger partial charge in [-0.2, -0.15) is 10.2 Å². The highest BCUT2D eigenvalue weighted by molar-refractivity contribution is 5.83. The maximum absolute atomic E-state index is 4.81. The Balaban J connectivity index is 1.48. The number of pyridine rings is 1. The summed E-state index contributed by atoms with van der Waals surface area (Å²) in [6, 6.07) is 12.2. The van der Waals surface area contributed by atoms with Gasteiger partial charge in [-0.3, -0.25) is 20.2 Å². The zero-order valence-corrected chi connectivity index (χ0v) is 16.5. The van der Waals surface area contributed by atoms with Crippen molar-refractivity contribution in [2.24, 2.45) is 0 Å². The number of para-hydroxylation sites is 1. The average Bonchev–Trinajstić information content (AvgIpc) is 3.37. The van der Waals surface area contributed by atoms with Crippen LogP contribution in [0.2, 0.25) is 0 Å². The molecule has 4 aromatic rings. The van der Waals surface area contributed by atoms with E-state index in [0.29, 0.717) is 5.92 Å². The molecule has 6 heteroatoms. The predicted octanol–water partition coefficient (Wildman–Crippen LogP) is 5.22. The number of hydrogen-bond acceptors (Lipinski definition) is 4. The van der Waals surface area contributed by atoms with Crippen molar-refractivity contribution in [2.75, 3.05) is 0 Å². The van der Waals surface area contributed by atoms with Gasteiger partial charge in [-0.15, -0.1) is 0 Å². The topological polar surface area (TPSA) is 83.1 Å². The third kappa shape index (κ3) is 3.85. The number of nitrogens with one attached hydrogen (secondary N) is 2. The van der Waals surface area contributed by atoms with Crippen LogP contribution >= 0.6 is 0 Å². The molecule has 0 amide bonds. The van der Waals surface area contributed by atoms with Crippen molar-refractivity contribution in [1.29, 1.82) is 0 Å². The first kappa shape index (κ1) is 18.2. The number of hydrogen-bond donors (Lipinski definition) is 2. The number of aromatic amines is 2. The first-order valence-corrected chi connectivity index (χ1v) is 10.1. The number of rotatable bonds is 3. The SMILES string of the molecule is C1=C(c2cc[nH]ncc(-c3cnc4ccccc4c3)cn2)CCC(c2cn[nH]c2)C1. The van der Waals surface area contributed by atoms with E-state index >= 15 is 0 Å². The summed E-state index contributed by atoms with van der Waals surface area (Å²) in [5, 5.41) is 15.4. The molecular weight excluding hydrogens is 372 g/mol. The van der Waals surface area contributed by atoms with Gasteiger partial charge in [0.05, 0.1) is 23.6 Å². The average molecular weight is 394 g/mol. The number of nitrogens with zero attached hydrogens (tertiary/aromatic N) is 4. The zero-order valence-electron chi connectivity index (χ0n) is 16.5. The van der Waals surface area contributed by atoms with Gasteiger partial charge in [0.25, 0.3) is 0 Å². The van der Waals surface area contributed by atoms with Crippen molar-refractivity contribution in [3.8, 4) is 11.1 Å². The van der Waals surface area contributed by atoms with E-state index in [9.17, 15) is 0 Å². The van der Waals surface area contributed by atoms with Gasteiger partial charge in [-0.05, 0) is 54.5 Å². The van der Waals surface area contributed by atoms with Crippen molar-refractivity contribution >= 4 is 16.5 Å². The molecular formula is C24H22N6. The normalized spacial score (nSPS) is 16.1. The minimum absolute atomic E-state index is 0.518. The lowest BCUT2D eigenvalue weighted by molar-refractivity contribution is 0.625. The molecule has 1 aliphatic rings. The summed E-state index contributed by atoms with van der Waals surface area (Å²) in [5.74, 6) is 0.518. The summed E-state index contributed by atoms with van der Waals surface area (Å²) in [6.45, 7) is 0. The molecule has 1 aliphatic carbocycles. The highest BCUT2D eigenvalue weighted by atomic mass is 15.1. The van der Waals surface area contributed by atoms with Crippen molar-refractivity contribution in [3.63, 3.8) is 0 Å². The molecule has 1 atom stereocenters. The minimum Gasteiger partial charge on any atom is -0.286 e. The second-order valence-electron chi connectivity index (χ2n) is 7.47. The molecule has 1 unspecified atom stereocenters. The second kappa shape index (κ2) is 8.29. The molecule has 0 fully saturated rings.